The molecule has 0 N–H and O–H groups in total. The Morgan fingerprint density at radius 1 is 1.07 bits per heavy atom. The van der Waals surface area contributed by atoms with Crippen LogP contribution in [-0.4, -0.2) is 41.0 Å². The Morgan fingerprint density at radius 2 is 1.80 bits per heavy atom. The number of urea groups is 1. The summed E-state index contributed by atoms with van der Waals surface area (Å²) in [7, 11) is -3.88. The summed E-state index contributed by atoms with van der Waals surface area (Å²) < 4.78 is 41.9. The smallest absolute Gasteiger partial charge is 0.326 e. The molecule has 0 spiro atoms. The molecule has 1 aliphatic heterocycles. The van der Waals surface area contributed by atoms with Crippen LogP contribution in [0.15, 0.2) is 53.4 Å². The normalized spacial score (nSPS) is 18.1. The van der Waals surface area contributed by atoms with Crippen LogP contribution in [0, 0.1) is 0 Å². The lowest BCUT2D eigenvalue weighted by molar-refractivity contribution is 0.225. The summed E-state index contributed by atoms with van der Waals surface area (Å²) in [4.78, 5) is 19.6. The number of hydrogen-bond donors (Lipinski definition) is 0. The largest absolute Gasteiger partial charge is 0.339 e. The Morgan fingerprint density at radius 3 is 2.57 bits per heavy atom. The van der Waals surface area contributed by atoms with Crippen molar-refractivity contribution in [3.05, 3.63) is 54.4 Å². The number of aryl methyl sites for hydroxylation is 1. The lowest BCUT2D eigenvalue weighted by Crippen LogP contribution is -2.51. The fourth-order valence-corrected chi connectivity index (χ4v) is 5.81. The molecule has 1 aromatic heterocycles. The molecule has 2 aromatic carbocycles. The molecule has 9 heteroatoms. The first kappa shape index (κ1) is 19.0. The van der Waals surface area contributed by atoms with Gasteiger partial charge in [-0.15, -0.1) is 0 Å². The first-order valence-electron chi connectivity index (χ1n) is 9.97. The molecule has 0 bridgehead atoms. The molecule has 0 saturated heterocycles. The SMILES string of the molecule is O=C1N(Cc2nc3ccccc3n2CCCF)c2ccccc2S(=O)(=O)N1C1CC1. The molecule has 1 fully saturated rings. The maximum atomic E-state index is 13.3. The van der Waals surface area contributed by atoms with Crippen molar-refractivity contribution >= 4 is 32.8 Å². The number of sulfonamides is 1. The summed E-state index contributed by atoms with van der Waals surface area (Å²) in [5, 5.41) is 0. The first-order chi connectivity index (χ1) is 14.5. The average Bonchev–Trinajstić information content (AvgIpc) is 3.50. The van der Waals surface area contributed by atoms with Crippen molar-refractivity contribution in [1.29, 1.82) is 0 Å². The molecule has 2 aliphatic rings. The number of carbonyl (C=O) groups is 1. The number of anilines is 1. The van der Waals surface area contributed by atoms with Gasteiger partial charge in [-0.2, -0.15) is 0 Å². The molecular formula is C21H21FN4O3S. The number of fused-ring (bicyclic) bond motifs is 2. The second kappa shape index (κ2) is 7.09. The highest BCUT2D eigenvalue weighted by molar-refractivity contribution is 7.90. The van der Waals surface area contributed by atoms with Gasteiger partial charge in [0.1, 0.15) is 10.7 Å². The Labute approximate surface area is 173 Å². The zero-order valence-corrected chi connectivity index (χ0v) is 17.1. The summed E-state index contributed by atoms with van der Waals surface area (Å²) in [6.07, 6.45) is 1.69. The highest BCUT2D eigenvalue weighted by Gasteiger charge is 2.48. The third-order valence-corrected chi connectivity index (χ3v) is 7.41. The Balaban J connectivity index is 1.61. The predicted molar refractivity (Wildman–Crippen MR) is 110 cm³/mol. The molecule has 2 heterocycles. The number of rotatable bonds is 6. The zero-order valence-electron chi connectivity index (χ0n) is 16.2. The number of benzene rings is 2. The number of imidazole rings is 1. The highest BCUT2D eigenvalue weighted by atomic mass is 32.2. The summed E-state index contributed by atoms with van der Waals surface area (Å²) in [6.45, 7) is 0.0847. The van der Waals surface area contributed by atoms with Crippen molar-refractivity contribution < 1.29 is 17.6 Å². The molecule has 1 aliphatic carbocycles. The molecule has 0 radical (unpaired) electrons. The van der Waals surface area contributed by atoms with E-state index in [-0.39, 0.29) is 17.5 Å². The van der Waals surface area contributed by atoms with Crippen LogP contribution in [0.25, 0.3) is 11.0 Å². The van der Waals surface area contributed by atoms with Crippen LogP contribution in [0.5, 0.6) is 0 Å². The van der Waals surface area contributed by atoms with E-state index in [9.17, 15) is 17.6 Å². The minimum absolute atomic E-state index is 0.107. The number of carbonyl (C=O) groups excluding carboxylic acids is 1. The van der Waals surface area contributed by atoms with Crippen LogP contribution < -0.4 is 4.90 Å². The van der Waals surface area contributed by atoms with E-state index < -0.39 is 22.7 Å². The van der Waals surface area contributed by atoms with Crippen LogP contribution in [0.1, 0.15) is 25.1 Å². The van der Waals surface area contributed by atoms with E-state index in [2.05, 4.69) is 4.98 Å². The van der Waals surface area contributed by atoms with E-state index in [0.717, 1.165) is 15.3 Å². The van der Waals surface area contributed by atoms with E-state index in [1.54, 1.807) is 18.2 Å². The van der Waals surface area contributed by atoms with Crippen LogP contribution in [0.4, 0.5) is 14.9 Å². The van der Waals surface area contributed by atoms with E-state index in [4.69, 9.17) is 0 Å². The van der Waals surface area contributed by atoms with Crippen molar-refractivity contribution in [2.75, 3.05) is 11.6 Å². The van der Waals surface area contributed by atoms with Crippen LogP contribution in [0.2, 0.25) is 0 Å². The molecule has 3 aromatic rings. The van der Waals surface area contributed by atoms with Crippen molar-refractivity contribution in [2.45, 2.75) is 43.3 Å². The van der Waals surface area contributed by atoms with Gasteiger partial charge in [0.25, 0.3) is 10.0 Å². The molecular weight excluding hydrogens is 407 g/mol. The van der Waals surface area contributed by atoms with Gasteiger partial charge in [-0.1, -0.05) is 24.3 Å². The Bertz CT molecular complexity index is 1240. The van der Waals surface area contributed by atoms with Gasteiger partial charge in [0.05, 0.1) is 36.0 Å². The minimum Gasteiger partial charge on any atom is -0.326 e. The van der Waals surface area contributed by atoms with Gasteiger partial charge < -0.3 is 4.57 Å². The quantitative estimate of drug-likeness (QED) is 0.600. The molecule has 156 valence electrons. The number of amides is 2. The number of nitrogens with zero attached hydrogens (tertiary/aromatic N) is 4. The molecule has 1 saturated carbocycles. The monoisotopic (exact) mass is 428 g/mol. The van der Waals surface area contributed by atoms with Gasteiger partial charge in [-0.3, -0.25) is 9.29 Å². The Hall–Kier alpha value is -2.94. The van der Waals surface area contributed by atoms with E-state index in [1.807, 2.05) is 28.8 Å². The predicted octanol–water partition coefficient (Wildman–Crippen LogP) is 3.69. The van der Waals surface area contributed by atoms with Crippen molar-refractivity contribution in [1.82, 2.24) is 13.9 Å². The topological polar surface area (TPSA) is 75.5 Å². The third-order valence-electron chi connectivity index (χ3n) is 5.54. The van der Waals surface area contributed by atoms with Crippen molar-refractivity contribution in [2.24, 2.45) is 0 Å². The Kier molecular flexibility index (Phi) is 4.50. The van der Waals surface area contributed by atoms with Crippen molar-refractivity contribution in [3.63, 3.8) is 0 Å². The standard InChI is InChI=1S/C21H21FN4O3S/c22-12-5-13-24-17-7-2-1-6-16(17)23-20(24)14-25-18-8-3-4-9-19(18)30(28,29)26(21(25)27)15-10-11-15/h1-4,6-9,15H,5,10-14H2. The maximum absolute atomic E-state index is 13.3. The number of para-hydroxylation sites is 3. The molecule has 5 rings (SSSR count). The number of hydrogen-bond acceptors (Lipinski definition) is 4. The lowest BCUT2D eigenvalue weighted by atomic mass is 10.3. The summed E-state index contributed by atoms with van der Waals surface area (Å²) in [5.74, 6) is 0.600. The van der Waals surface area contributed by atoms with Gasteiger partial charge in [0.15, 0.2) is 0 Å². The second-order valence-corrected chi connectivity index (χ2v) is 9.36. The first-order valence-corrected chi connectivity index (χ1v) is 11.4. The zero-order chi connectivity index (χ0) is 20.9. The number of aromatic nitrogens is 2. The van der Waals surface area contributed by atoms with Gasteiger partial charge in [-0.25, -0.2) is 22.5 Å². The second-order valence-electron chi connectivity index (χ2n) is 7.58. The summed E-state index contributed by atoms with van der Waals surface area (Å²) in [6, 6.07) is 13.3. The van der Waals surface area contributed by atoms with Crippen LogP contribution in [0.3, 0.4) is 0 Å². The van der Waals surface area contributed by atoms with Gasteiger partial charge >= 0.3 is 6.03 Å². The van der Waals surface area contributed by atoms with E-state index in [0.29, 0.717) is 37.3 Å². The third kappa shape index (κ3) is 2.96. The molecule has 7 nitrogen and oxygen atoms in total. The minimum atomic E-state index is -3.88. The molecule has 0 atom stereocenters. The van der Waals surface area contributed by atoms with Crippen LogP contribution in [-0.2, 0) is 23.1 Å². The van der Waals surface area contributed by atoms with Gasteiger partial charge in [0.2, 0.25) is 0 Å². The van der Waals surface area contributed by atoms with Crippen LogP contribution >= 0.6 is 0 Å². The van der Waals surface area contributed by atoms with Gasteiger partial charge in [-0.05, 0) is 43.5 Å². The summed E-state index contributed by atoms with van der Waals surface area (Å²) >= 11 is 0. The fraction of sp³-hybridized carbons (Fsp3) is 0.333. The number of halogens is 1. The highest BCUT2D eigenvalue weighted by Crippen LogP contribution is 2.41. The fourth-order valence-electron chi connectivity index (χ4n) is 4.00. The molecule has 30 heavy (non-hydrogen) atoms. The van der Waals surface area contributed by atoms with E-state index in [1.165, 1.54) is 11.0 Å². The van der Waals surface area contributed by atoms with E-state index >= 15 is 0 Å². The maximum Gasteiger partial charge on any atom is 0.339 e. The molecule has 0 unspecified atom stereocenters. The van der Waals surface area contributed by atoms with Crippen molar-refractivity contribution in [3.8, 4) is 0 Å². The van der Waals surface area contributed by atoms with Gasteiger partial charge in [0, 0.05) is 6.54 Å². The molecule has 2 amide bonds. The average molecular weight is 428 g/mol. The lowest BCUT2D eigenvalue weighted by Gasteiger charge is -2.36. The summed E-state index contributed by atoms with van der Waals surface area (Å²) in [5.41, 5.74) is 1.98. The number of alkyl halides is 1.